The fourth-order valence-electron chi connectivity index (χ4n) is 4.06. The molecule has 15 heteroatoms. The molecule has 1 aromatic heterocycles. The molecule has 0 spiro atoms. The van der Waals surface area contributed by atoms with Crippen LogP contribution in [0.15, 0.2) is 63.8 Å². The SMILES string of the molecule is CC(NC(=O)CCC(=O)O)C(=O)NC(C)C(=O)NC(Cc1ccccc1)C(=O)Nc1ccc2c(C(F)(F)F)cc(=O)oc2c1. The van der Waals surface area contributed by atoms with E-state index in [1.54, 1.807) is 30.3 Å². The molecule has 234 valence electrons. The van der Waals surface area contributed by atoms with Gasteiger partial charge < -0.3 is 30.8 Å². The average Bonchev–Trinajstić information content (AvgIpc) is 2.94. The zero-order chi connectivity index (χ0) is 32.6. The summed E-state index contributed by atoms with van der Waals surface area (Å²) in [5.41, 5.74) is -2.19. The number of carboxylic acids is 1. The molecule has 0 saturated heterocycles. The summed E-state index contributed by atoms with van der Waals surface area (Å²) >= 11 is 0. The lowest BCUT2D eigenvalue weighted by Crippen LogP contribution is -2.55. The van der Waals surface area contributed by atoms with Crippen molar-refractivity contribution in [1.29, 1.82) is 0 Å². The predicted octanol–water partition coefficient (Wildman–Crippen LogP) is 2.35. The number of hydrogen-bond acceptors (Lipinski definition) is 7. The zero-order valence-electron chi connectivity index (χ0n) is 23.5. The number of hydrogen-bond donors (Lipinski definition) is 5. The highest BCUT2D eigenvalue weighted by atomic mass is 19.4. The highest BCUT2D eigenvalue weighted by Crippen LogP contribution is 2.34. The van der Waals surface area contributed by atoms with E-state index in [-0.39, 0.29) is 23.9 Å². The number of amides is 4. The summed E-state index contributed by atoms with van der Waals surface area (Å²) in [6.07, 6.45) is -5.59. The normalized spacial score (nSPS) is 13.3. The van der Waals surface area contributed by atoms with Gasteiger partial charge >= 0.3 is 17.8 Å². The van der Waals surface area contributed by atoms with Crippen LogP contribution in [0.2, 0.25) is 0 Å². The van der Waals surface area contributed by atoms with Crippen molar-refractivity contribution in [3.63, 3.8) is 0 Å². The summed E-state index contributed by atoms with van der Waals surface area (Å²) in [6.45, 7) is 2.68. The number of fused-ring (bicyclic) bond motifs is 1. The van der Waals surface area contributed by atoms with Gasteiger partial charge in [0.25, 0.3) is 0 Å². The molecule has 0 fully saturated rings. The predicted molar refractivity (Wildman–Crippen MR) is 150 cm³/mol. The Hall–Kier alpha value is -5.21. The number of benzene rings is 2. The number of carbonyl (C=O) groups is 5. The van der Waals surface area contributed by atoms with Crippen LogP contribution in [0.3, 0.4) is 0 Å². The van der Waals surface area contributed by atoms with Crippen molar-refractivity contribution in [2.24, 2.45) is 0 Å². The lowest BCUT2D eigenvalue weighted by molar-refractivity contribution is -0.139. The molecule has 0 aliphatic rings. The van der Waals surface area contributed by atoms with Gasteiger partial charge in [0.15, 0.2) is 0 Å². The van der Waals surface area contributed by atoms with E-state index < -0.39 is 77.1 Å². The molecule has 0 bridgehead atoms. The van der Waals surface area contributed by atoms with Gasteiger partial charge in [-0.2, -0.15) is 13.2 Å². The van der Waals surface area contributed by atoms with Gasteiger partial charge in [-0.1, -0.05) is 30.3 Å². The Bertz CT molecular complexity index is 1610. The van der Waals surface area contributed by atoms with Crippen LogP contribution in [0.5, 0.6) is 0 Å². The summed E-state index contributed by atoms with van der Waals surface area (Å²) in [4.78, 5) is 73.0. The molecule has 3 unspecified atom stereocenters. The van der Waals surface area contributed by atoms with Crippen LogP contribution in [-0.2, 0) is 36.6 Å². The van der Waals surface area contributed by atoms with Crippen LogP contribution in [0.1, 0.15) is 37.8 Å². The standard InChI is InChI=1S/C29H29F3N4O8/c1-15(33-23(37)10-11-24(38)39)26(41)34-16(2)27(42)36-21(12-17-6-4-3-5-7-17)28(43)35-18-8-9-19-20(29(30,31)32)14-25(40)44-22(19)13-18/h3-9,13-16,21H,10-12H2,1-2H3,(H,33,37)(H,34,41)(H,35,43)(H,36,42)(H,38,39). The van der Waals surface area contributed by atoms with E-state index >= 15 is 0 Å². The van der Waals surface area contributed by atoms with Gasteiger partial charge in [-0.3, -0.25) is 24.0 Å². The van der Waals surface area contributed by atoms with Crippen LogP contribution in [0, 0.1) is 0 Å². The van der Waals surface area contributed by atoms with E-state index in [1.165, 1.54) is 19.9 Å². The molecule has 4 amide bonds. The maximum absolute atomic E-state index is 13.4. The fourth-order valence-corrected chi connectivity index (χ4v) is 4.06. The van der Waals surface area contributed by atoms with E-state index in [4.69, 9.17) is 9.52 Å². The number of alkyl halides is 3. The topological polar surface area (TPSA) is 184 Å². The largest absolute Gasteiger partial charge is 0.481 e. The van der Waals surface area contributed by atoms with Gasteiger partial charge in [0.1, 0.15) is 23.7 Å². The highest BCUT2D eigenvalue weighted by Gasteiger charge is 2.34. The molecule has 44 heavy (non-hydrogen) atoms. The van der Waals surface area contributed by atoms with E-state index in [0.29, 0.717) is 11.6 Å². The molecule has 0 saturated carbocycles. The number of carbonyl (C=O) groups excluding carboxylic acids is 4. The van der Waals surface area contributed by atoms with Crippen LogP contribution in [-0.4, -0.2) is 52.8 Å². The molecule has 0 aliphatic heterocycles. The quantitative estimate of drug-likeness (QED) is 0.192. The fraction of sp³-hybridized carbons (Fsp3) is 0.310. The van der Waals surface area contributed by atoms with Crippen molar-refractivity contribution in [2.75, 3.05) is 5.32 Å². The van der Waals surface area contributed by atoms with Crippen LogP contribution in [0.4, 0.5) is 18.9 Å². The maximum Gasteiger partial charge on any atom is 0.417 e. The Morgan fingerprint density at radius 1 is 0.841 bits per heavy atom. The Morgan fingerprint density at radius 2 is 1.48 bits per heavy atom. The van der Waals surface area contributed by atoms with Crippen molar-refractivity contribution < 1.29 is 46.7 Å². The average molecular weight is 619 g/mol. The monoisotopic (exact) mass is 618 g/mol. The van der Waals surface area contributed by atoms with Crippen LogP contribution in [0.25, 0.3) is 11.0 Å². The molecular weight excluding hydrogens is 589 g/mol. The number of carboxylic acid groups (broad SMARTS) is 1. The summed E-state index contributed by atoms with van der Waals surface area (Å²) in [5.74, 6) is -4.11. The molecular formula is C29H29F3N4O8. The minimum absolute atomic E-state index is 0.00396. The second-order valence-corrected chi connectivity index (χ2v) is 9.84. The van der Waals surface area contributed by atoms with E-state index in [1.807, 2.05) is 0 Å². The smallest absolute Gasteiger partial charge is 0.417 e. The molecule has 3 aromatic rings. The highest BCUT2D eigenvalue weighted by molar-refractivity contribution is 6.00. The summed E-state index contributed by atoms with van der Waals surface area (Å²) in [5, 5.41) is 18.1. The number of anilines is 1. The van der Waals surface area contributed by atoms with Crippen molar-refractivity contribution in [2.45, 2.75) is 57.4 Å². The number of nitrogens with one attached hydrogen (secondary N) is 4. The molecule has 0 radical (unpaired) electrons. The van der Waals surface area contributed by atoms with Crippen LogP contribution < -0.4 is 26.9 Å². The lowest BCUT2D eigenvalue weighted by atomic mass is 10.0. The Morgan fingerprint density at radius 3 is 2.11 bits per heavy atom. The third-order valence-electron chi connectivity index (χ3n) is 6.32. The minimum atomic E-state index is -4.82. The van der Waals surface area contributed by atoms with Gasteiger partial charge in [-0.05, 0) is 31.5 Å². The van der Waals surface area contributed by atoms with Crippen LogP contribution >= 0.6 is 0 Å². The van der Waals surface area contributed by atoms with E-state index in [2.05, 4.69) is 21.3 Å². The third kappa shape index (κ3) is 9.40. The number of halogens is 3. The van der Waals surface area contributed by atoms with Gasteiger partial charge in [0.2, 0.25) is 23.6 Å². The van der Waals surface area contributed by atoms with E-state index in [9.17, 15) is 41.9 Å². The maximum atomic E-state index is 13.4. The molecule has 2 aromatic carbocycles. The van der Waals surface area contributed by atoms with Crippen molar-refractivity contribution in [1.82, 2.24) is 16.0 Å². The zero-order valence-corrected chi connectivity index (χ0v) is 23.5. The first-order chi connectivity index (χ1) is 20.6. The second-order valence-electron chi connectivity index (χ2n) is 9.84. The Kier molecular flexibility index (Phi) is 10.8. The Labute approximate surface area is 248 Å². The molecule has 5 N–H and O–H groups in total. The molecule has 3 atom stereocenters. The lowest BCUT2D eigenvalue weighted by Gasteiger charge is -2.22. The second kappa shape index (κ2) is 14.3. The molecule has 3 rings (SSSR count). The van der Waals surface area contributed by atoms with E-state index in [0.717, 1.165) is 12.1 Å². The summed E-state index contributed by atoms with van der Waals surface area (Å²) in [7, 11) is 0. The van der Waals surface area contributed by atoms with Gasteiger partial charge in [-0.25, -0.2) is 4.79 Å². The number of aliphatic carboxylic acids is 1. The summed E-state index contributed by atoms with van der Waals surface area (Å²) in [6, 6.07) is 8.70. The van der Waals surface area contributed by atoms with Crippen molar-refractivity contribution in [3.05, 3.63) is 76.1 Å². The van der Waals surface area contributed by atoms with Crippen molar-refractivity contribution in [3.8, 4) is 0 Å². The third-order valence-corrected chi connectivity index (χ3v) is 6.32. The van der Waals surface area contributed by atoms with Gasteiger partial charge in [-0.15, -0.1) is 0 Å². The molecule has 12 nitrogen and oxygen atoms in total. The first kappa shape index (κ1) is 33.3. The van der Waals surface area contributed by atoms with Gasteiger partial charge in [0, 0.05) is 36.0 Å². The molecule has 1 heterocycles. The molecule has 0 aliphatic carbocycles. The Balaban J connectivity index is 1.74. The van der Waals surface area contributed by atoms with Gasteiger partial charge in [0.05, 0.1) is 12.0 Å². The summed E-state index contributed by atoms with van der Waals surface area (Å²) < 4.78 is 45.1. The van der Waals surface area contributed by atoms with Crippen molar-refractivity contribution >= 4 is 46.3 Å². The number of rotatable bonds is 12. The first-order valence-electron chi connectivity index (χ1n) is 13.3. The first-order valence-corrected chi connectivity index (χ1v) is 13.3. The minimum Gasteiger partial charge on any atom is -0.481 e.